The average Bonchev–Trinajstić information content (AvgIpc) is 3.19. The third-order valence-electron chi connectivity index (χ3n) is 5.41. The van der Waals surface area contributed by atoms with E-state index in [0.29, 0.717) is 5.82 Å². The smallest absolute Gasteiger partial charge is 0.308 e. The Labute approximate surface area is 185 Å². The molecule has 7 nitrogen and oxygen atoms in total. The number of rotatable bonds is 5. The number of aliphatic hydroxyl groups excluding tert-OH is 1. The molecule has 1 aliphatic heterocycles. The van der Waals surface area contributed by atoms with Crippen molar-refractivity contribution in [1.82, 2.24) is 14.8 Å². The van der Waals surface area contributed by atoms with Gasteiger partial charge in [0, 0.05) is 16.0 Å². The molecule has 31 heavy (non-hydrogen) atoms. The fraction of sp³-hybridized carbons (Fsp3) is 0.391. The number of hydrogen-bond acceptors (Lipinski definition) is 7. The molecule has 8 heteroatoms. The summed E-state index contributed by atoms with van der Waals surface area (Å²) in [5.41, 5.74) is 5.22. The number of aliphatic imine (C=N–C) groups is 1. The zero-order valence-electron chi connectivity index (χ0n) is 18.3. The summed E-state index contributed by atoms with van der Waals surface area (Å²) in [6, 6.07) is 7.71. The molecule has 0 amide bonds. The van der Waals surface area contributed by atoms with Crippen molar-refractivity contribution in [2.24, 2.45) is 4.99 Å². The van der Waals surface area contributed by atoms with Crippen molar-refractivity contribution < 1.29 is 14.6 Å². The number of benzene rings is 1. The number of aryl methyl sites for hydroxylation is 3. The second kappa shape index (κ2) is 8.36. The van der Waals surface area contributed by atoms with Gasteiger partial charge in [-0.05, 0) is 40.2 Å². The molecule has 1 aromatic carbocycles. The van der Waals surface area contributed by atoms with E-state index in [1.165, 1.54) is 10.4 Å². The van der Waals surface area contributed by atoms with Gasteiger partial charge in [0.05, 0.1) is 18.2 Å². The maximum Gasteiger partial charge on any atom is 0.308 e. The van der Waals surface area contributed by atoms with E-state index < -0.39 is 18.1 Å². The van der Waals surface area contributed by atoms with Gasteiger partial charge in [0.25, 0.3) is 0 Å². The third kappa shape index (κ3) is 4.05. The number of carbonyl (C=O) groups excluding carboxylic acids is 1. The third-order valence-corrected chi connectivity index (χ3v) is 6.60. The number of hydrogen-bond donors (Lipinski definition) is 1. The van der Waals surface area contributed by atoms with E-state index in [-0.39, 0.29) is 13.0 Å². The first-order valence-electron chi connectivity index (χ1n) is 10.3. The van der Waals surface area contributed by atoms with Crippen LogP contribution in [0.3, 0.4) is 0 Å². The molecule has 3 heterocycles. The van der Waals surface area contributed by atoms with E-state index in [0.717, 1.165) is 33.2 Å². The molecule has 3 aromatic rings. The van der Waals surface area contributed by atoms with Gasteiger partial charge in [0.2, 0.25) is 0 Å². The number of thiophene rings is 1. The van der Waals surface area contributed by atoms with Crippen LogP contribution < -0.4 is 0 Å². The minimum atomic E-state index is -0.715. The van der Waals surface area contributed by atoms with Crippen molar-refractivity contribution in [3.63, 3.8) is 0 Å². The van der Waals surface area contributed by atoms with Crippen LogP contribution in [0.1, 0.15) is 58.2 Å². The molecule has 2 unspecified atom stereocenters. The van der Waals surface area contributed by atoms with Gasteiger partial charge in [0.15, 0.2) is 5.82 Å². The maximum absolute atomic E-state index is 12.5. The van der Waals surface area contributed by atoms with E-state index in [1.54, 1.807) is 18.3 Å². The highest BCUT2D eigenvalue weighted by Crippen LogP contribution is 2.39. The SMILES string of the molecule is Cc1ccc(C2=NC(CC(=O)OCC(C)O)c3nnc(C)n3-c3sc(C)c(C)c32)cc1. The highest BCUT2D eigenvalue weighted by atomic mass is 32.1. The Balaban J connectivity index is 1.87. The number of carbonyl (C=O) groups is 1. The standard InChI is InChI=1S/C23H26N4O3S/c1-12-6-8-17(9-7-12)21-20-14(3)15(4)31-23(20)27-16(5)25-26-22(27)18(24-21)10-19(29)30-11-13(2)28/h6-9,13,18,28H,10-11H2,1-5H3. The molecule has 2 atom stereocenters. The number of fused-ring (bicyclic) bond motifs is 3. The lowest BCUT2D eigenvalue weighted by Gasteiger charge is -2.13. The van der Waals surface area contributed by atoms with Gasteiger partial charge in [-0.2, -0.15) is 0 Å². The lowest BCUT2D eigenvalue weighted by atomic mass is 9.99. The number of aromatic nitrogens is 3. The topological polar surface area (TPSA) is 89.6 Å². The van der Waals surface area contributed by atoms with Crippen molar-refractivity contribution in [2.45, 2.75) is 53.2 Å². The Kier molecular flexibility index (Phi) is 5.77. The molecule has 2 aromatic heterocycles. The van der Waals surface area contributed by atoms with Crippen LogP contribution in [0.2, 0.25) is 0 Å². The van der Waals surface area contributed by atoms with E-state index in [9.17, 15) is 9.90 Å². The zero-order chi connectivity index (χ0) is 22.3. The highest BCUT2D eigenvalue weighted by molar-refractivity contribution is 7.15. The Morgan fingerprint density at radius 1 is 1.19 bits per heavy atom. The van der Waals surface area contributed by atoms with Gasteiger partial charge in [-0.1, -0.05) is 29.8 Å². The lowest BCUT2D eigenvalue weighted by Crippen LogP contribution is -2.18. The normalized spacial score (nSPS) is 16.2. The summed E-state index contributed by atoms with van der Waals surface area (Å²) in [6.07, 6.45) is -0.694. The van der Waals surface area contributed by atoms with Crippen LogP contribution in [-0.4, -0.2) is 44.3 Å². The summed E-state index contributed by atoms with van der Waals surface area (Å²) >= 11 is 1.68. The molecule has 0 aliphatic carbocycles. The van der Waals surface area contributed by atoms with Crippen LogP contribution in [0.4, 0.5) is 0 Å². The second-order valence-electron chi connectivity index (χ2n) is 8.00. The van der Waals surface area contributed by atoms with Crippen LogP contribution >= 0.6 is 11.3 Å². The summed E-state index contributed by atoms with van der Waals surface area (Å²) in [7, 11) is 0. The molecular formula is C23H26N4O3S. The summed E-state index contributed by atoms with van der Waals surface area (Å²) in [6.45, 7) is 9.70. The number of nitrogens with zero attached hydrogens (tertiary/aromatic N) is 4. The van der Waals surface area contributed by atoms with Gasteiger partial charge in [-0.3, -0.25) is 14.4 Å². The van der Waals surface area contributed by atoms with Crippen LogP contribution in [0.5, 0.6) is 0 Å². The van der Waals surface area contributed by atoms with Gasteiger partial charge in [-0.25, -0.2) is 0 Å². The second-order valence-corrected chi connectivity index (χ2v) is 9.20. The van der Waals surface area contributed by atoms with E-state index in [1.807, 2.05) is 11.5 Å². The van der Waals surface area contributed by atoms with Crippen molar-refractivity contribution in [3.05, 3.63) is 63.0 Å². The molecule has 1 N–H and O–H groups in total. The van der Waals surface area contributed by atoms with Crippen LogP contribution in [-0.2, 0) is 9.53 Å². The largest absolute Gasteiger partial charge is 0.463 e. The van der Waals surface area contributed by atoms with Crippen molar-refractivity contribution in [1.29, 1.82) is 0 Å². The molecule has 0 radical (unpaired) electrons. The first-order chi connectivity index (χ1) is 14.8. The fourth-order valence-electron chi connectivity index (χ4n) is 3.67. The molecule has 0 saturated carbocycles. The van der Waals surface area contributed by atoms with Crippen LogP contribution in [0, 0.1) is 27.7 Å². The molecule has 0 fully saturated rings. The average molecular weight is 439 g/mol. The van der Waals surface area contributed by atoms with Gasteiger partial charge in [0.1, 0.15) is 23.5 Å². The Morgan fingerprint density at radius 3 is 2.58 bits per heavy atom. The molecule has 0 saturated heterocycles. The van der Waals surface area contributed by atoms with Crippen molar-refractivity contribution >= 4 is 23.0 Å². The first kappa shape index (κ1) is 21.4. The lowest BCUT2D eigenvalue weighted by molar-refractivity contribution is -0.146. The minimum absolute atomic E-state index is 0.0210. The van der Waals surface area contributed by atoms with Crippen molar-refractivity contribution in [2.75, 3.05) is 6.61 Å². The molecular weight excluding hydrogens is 412 g/mol. The maximum atomic E-state index is 12.5. The van der Waals surface area contributed by atoms with Gasteiger partial charge < -0.3 is 9.84 Å². The first-order valence-corrected chi connectivity index (χ1v) is 11.1. The summed E-state index contributed by atoms with van der Waals surface area (Å²) in [5.74, 6) is 0.944. The highest BCUT2D eigenvalue weighted by Gasteiger charge is 2.32. The molecule has 4 rings (SSSR count). The monoisotopic (exact) mass is 438 g/mol. The molecule has 0 bridgehead atoms. The number of aliphatic hydroxyl groups is 1. The Morgan fingerprint density at radius 2 is 1.90 bits per heavy atom. The fourth-order valence-corrected chi connectivity index (χ4v) is 4.88. The number of esters is 1. The van der Waals surface area contributed by atoms with Gasteiger partial charge >= 0.3 is 5.97 Å². The van der Waals surface area contributed by atoms with Gasteiger partial charge in [-0.15, -0.1) is 21.5 Å². The molecule has 1 aliphatic rings. The summed E-state index contributed by atoms with van der Waals surface area (Å²) < 4.78 is 7.23. The minimum Gasteiger partial charge on any atom is -0.463 e. The Hall–Kier alpha value is -2.84. The van der Waals surface area contributed by atoms with E-state index >= 15 is 0 Å². The quantitative estimate of drug-likeness (QED) is 0.613. The van der Waals surface area contributed by atoms with E-state index in [4.69, 9.17) is 9.73 Å². The van der Waals surface area contributed by atoms with Crippen LogP contribution in [0.25, 0.3) is 5.00 Å². The molecule has 0 spiro atoms. The number of ether oxygens (including phenoxy) is 1. The molecule has 162 valence electrons. The van der Waals surface area contributed by atoms with E-state index in [2.05, 4.69) is 55.2 Å². The van der Waals surface area contributed by atoms with Crippen LogP contribution in [0.15, 0.2) is 29.3 Å². The summed E-state index contributed by atoms with van der Waals surface area (Å²) in [4.78, 5) is 18.8. The zero-order valence-corrected chi connectivity index (χ0v) is 19.2. The predicted molar refractivity (Wildman–Crippen MR) is 120 cm³/mol. The Bertz CT molecular complexity index is 1160. The summed E-state index contributed by atoms with van der Waals surface area (Å²) in [5, 5.41) is 19.1. The predicted octanol–water partition coefficient (Wildman–Crippen LogP) is 3.77. The van der Waals surface area contributed by atoms with Crippen molar-refractivity contribution in [3.8, 4) is 5.00 Å².